The van der Waals surface area contributed by atoms with Crippen LogP contribution in [0, 0.1) is 70.9 Å². The molecule has 0 bridgehead atoms. The fourth-order valence-electron chi connectivity index (χ4n) is 16.3. The van der Waals surface area contributed by atoms with Crippen molar-refractivity contribution in [1.82, 2.24) is 29.4 Å². The van der Waals surface area contributed by atoms with E-state index in [1.165, 1.54) is 14.2 Å². The topological polar surface area (TPSA) is 233 Å². The highest BCUT2D eigenvalue weighted by Crippen LogP contribution is 2.51. The van der Waals surface area contributed by atoms with Gasteiger partial charge < -0.3 is 56.8 Å². The first kappa shape index (κ1) is 42.6. The molecule has 0 aromatic heterocycles. The average molecular weight is 2030 g/mol. The molecule has 12 aliphatic heterocycles. The fraction of sp³-hybridized carbons (Fsp3) is 0.641. The highest BCUT2D eigenvalue weighted by molar-refractivity contribution is 5.86. The van der Waals surface area contributed by atoms with Gasteiger partial charge in [-0.05, 0) is 252 Å². The predicted molar refractivity (Wildman–Crippen MR) is 555 cm³/mol. The van der Waals surface area contributed by atoms with Gasteiger partial charge in [0, 0.05) is 272 Å². The molecule has 0 radical (unpaired) electrons. The van der Waals surface area contributed by atoms with E-state index >= 15 is 0 Å². The Morgan fingerprint density at radius 1 is 0.340 bits per heavy atom. The molecule has 12 aliphatic rings. The largest absolute Gasteiger partial charge is 0.493 e. The van der Waals surface area contributed by atoms with Crippen molar-refractivity contribution in [2.45, 2.75) is 253 Å². The number of benzene rings is 6. The number of ether oxygens (including phenoxy) is 12. The molecule has 6 saturated heterocycles. The fourth-order valence-corrected chi connectivity index (χ4v) is 16.3. The molecular formula is C117H168N6O18. The van der Waals surface area contributed by atoms with Crippen LogP contribution in [-0.2, 0) is 67.1 Å². The maximum absolute atomic E-state index is 14.1. The van der Waals surface area contributed by atoms with E-state index in [0.29, 0.717) is 80.4 Å². The summed E-state index contributed by atoms with van der Waals surface area (Å²) in [6, 6.07) is -8.14. The van der Waals surface area contributed by atoms with Gasteiger partial charge in [0.05, 0.1) is 119 Å². The Balaban J connectivity index is 0.000000217. The van der Waals surface area contributed by atoms with E-state index in [-0.39, 0.29) is 109 Å². The van der Waals surface area contributed by atoms with Crippen molar-refractivity contribution in [2.24, 2.45) is 70.9 Å². The van der Waals surface area contributed by atoms with Crippen LogP contribution in [0.2, 0.25) is 0 Å². The first-order chi connectivity index (χ1) is 100. The summed E-state index contributed by atoms with van der Waals surface area (Å²) in [4.78, 5) is 82.9. The first-order valence-corrected chi connectivity index (χ1v) is 43.9. The molecule has 18 rings (SSSR count). The molecule has 12 heterocycles. The first-order valence-electron chi connectivity index (χ1n) is 86.9. The summed E-state index contributed by atoms with van der Waals surface area (Å²) in [6.07, 6.45) is -50.9. The molecule has 774 valence electrons. The predicted octanol–water partition coefficient (Wildman–Crippen LogP) is 20.6. The molecule has 24 heteroatoms. The maximum Gasteiger partial charge on any atom is 0.161 e. The number of hydrogen-bond donors (Lipinski definition) is 0. The van der Waals surface area contributed by atoms with Crippen LogP contribution >= 0.6 is 0 Å². The van der Waals surface area contributed by atoms with Crippen LogP contribution in [0.3, 0.4) is 0 Å². The molecule has 6 aromatic rings. The van der Waals surface area contributed by atoms with Crippen molar-refractivity contribution in [2.75, 3.05) is 163 Å². The number of fused-ring (bicyclic) bond motifs is 18. The van der Waals surface area contributed by atoms with Crippen LogP contribution in [0.5, 0.6) is 69.0 Å². The molecule has 0 N–H and O–H groups in total. The van der Waals surface area contributed by atoms with Crippen molar-refractivity contribution in [1.29, 1.82) is 0 Å². The lowest BCUT2D eigenvalue weighted by Gasteiger charge is -2.43. The summed E-state index contributed by atoms with van der Waals surface area (Å²) in [7, 11) is -11.5. The average Bonchev–Trinajstić information content (AvgIpc) is 0.634. The number of nitrogens with zero attached hydrogens (tertiary/aromatic N) is 6. The lowest BCUT2D eigenvalue weighted by Crippen LogP contribution is -2.46. The Morgan fingerprint density at radius 2 is 0.667 bits per heavy atom. The second-order valence-corrected chi connectivity index (χ2v) is 33.6. The molecule has 0 saturated carbocycles. The minimum atomic E-state index is -4.58. The van der Waals surface area contributed by atoms with Gasteiger partial charge in [-0.1, -0.05) is 102 Å². The van der Waals surface area contributed by atoms with Crippen LogP contribution in [0.15, 0.2) is 72.7 Å². The van der Waals surface area contributed by atoms with Gasteiger partial charge in [-0.25, -0.2) is 0 Å². The number of piperidine rings is 6. The summed E-state index contributed by atoms with van der Waals surface area (Å²) in [5.41, 5.74) is -5.65. The third kappa shape index (κ3) is 25.6. The van der Waals surface area contributed by atoms with Gasteiger partial charge in [0.25, 0.3) is 0 Å². The highest BCUT2D eigenvalue weighted by Gasteiger charge is 2.47. The van der Waals surface area contributed by atoms with Gasteiger partial charge in [0.1, 0.15) is 34.7 Å². The van der Waals surface area contributed by atoms with E-state index < -0.39 is 432 Å². The van der Waals surface area contributed by atoms with Crippen LogP contribution in [0.4, 0.5) is 0 Å². The number of carbonyl (C=O) groups excluding carboxylic acids is 6. The van der Waals surface area contributed by atoms with Crippen LogP contribution in [0.25, 0.3) is 0 Å². The number of methoxy groups -OCH3 is 12. The molecule has 141 heavy (non-hydrogen) atoms. The number of Topliss-reactive ketones (excluding diaryl/α,β-unsaturated/α-hetero) is 6. The van der Waals surface area contributed by atoms with Gasteiger partial charge in [0.15, 0.2) is 69.0 Å². The Morgan fingerprint density at radius 3 is 1.07 bits per heavy atom. The van der Waals surface area contributed by atoms with Gasteiger partial charge in [-0.15, -0.1) is 0 Å². The zero-order chi connectivity index (χ0) is 177. The van der Waals surface area contributed by atoms with Gasteiger partial charge in [0.2, 0.25) is 0 Å². The molecule has 6 fully saturated rings. The van der Waals surface area contributed by atoms with Crippen molar-refractivity contribution in [3.63, 3.8) is 0 Å². The molecule has 15 unspecified atom stereocenters. The van der Waals surface area contributed by atoms with E-state index in [9.17, 15) is 32.9 Å². The summed E-state index contributed by atoms with van der Waals surface area (Å²) in [6.45, 7) is -31.7. The Kier molecular flexibility index (Phi) is 15.1. The number of hydrogen-bond acceptors (Lipinski definition) is 24. The van der Waals surface area contributed by atoms with Gasteiger partial charge in [-0.2, -0.15) is 0 Å². The third-order valence-electron chi connectivity index (χ3n) is 23.2. The van der Waals surface area contributed by atoms with E-state index in [2.05, 4.69) is 18.7 Å². The monoisotopic (exact) mass is 2030 g/mol. The third-order valence-corrected chi connectivity index (χ3v) is 23.2. The van der Waals surface area contributed by atoms with Crippen LogP contribution in [-0.4, -0.2) is 227 Å². The molecule has 0 aliphatic carbocycles. The van der Waals surface area contributed by atoms with E-state index in [1.807, 2.05) is 0 Å². The smallest absolute Gasteiger partial charge is 0.161 e. The lowest BCUT2D eigenvalue weighted by atomic mass is 9.79. The normalized spacial score (nSPS) is 45.9. The summed E-state index contributed by atoms with van der Waals surface area (Å²) in [5, 5.41) is 0. The summed E-state index contributed by atoms with van der Waals surface area (Å²) in [5.74, 6) is -41.1. The number of carbonyl (C=O) groups is 6. The minimum absolute atomic E-state index is 0.00528. The minimum Gasteiger partial charge on any atom is -0.493 e. The molecule has 15 atom stereocenters. The van der Waals surface area contributed by atoms with Gasteiger partial charge in [-0.3, -0.25) is 58.2 Å². The van der Waals surface area contributed by atoms with E-state index in [0.717, 1.165) is 77.3 Å². The van der Waals surface area contributed by atoms with Crippen LogP contribution in [0.1, 0.15) is 400 Å². The molecule has 0 spiro atoms. The van der Waals surface area contributed by atoms with E-state index in [1.54, 1.807) is 27.7 Å². The second kappa shape index (κ2) is 50.0. The van der Waals surface area contributed by atoms with Crippen molar-refractivity contribution >= 4 is 34.7 Å². The zero-order valence-electron chi connectivity index (χ0n) is 165. The Labute approximate surface area is 963 Å². The van der Waals surface area contributed by atoms with Crippen LogP contribution < -0.4 is 56.8 Å². The van der Waals surface area contributed by atoms with Crippen molar-refractivity contribution in [3.05, 3.63) is 140 Å². The summed E-state index contributed by atoms with van der Waals surface area (Å²) >= 11 is 0. The number of aryl methyl sites for hydroxylation is 5. The zero-order valence-corrected chi connectivity index (χ0v) is 79.4. The standard InChI is InChI=1S/3C20H29NO3.3C19H27NO3/c3*1-5-13(2)8-15-12-21-7-6-14-9-19(23-3)20(24-4)10-16(14)17(21)11-18(15)22;3*1-12(2)7-14-11-20-6-5-13-8-18(22-3)19(23-4)9-15(13)16(20)10-17(14)21/h3*9-10,13,15,17H,5-8,11-12H2,1-4H3;3*8-9,12,14,16H,5-7,10-11H2,1-4H3/i2D3,4D3,5D2,6D2,7D2,8D2,11D2,12D2,13D,15D,17D;2D3,4D3,5D2,6D2,7D2,8D2,11D2,13D,15D,17D;2D3,4D3,5D2,6D2,7D2,8D2,12D2,13D,17D;4D3,5D2,6D2,10D2,11D2,14D,16D;4D3,5D2,6D2,11D2,16D;4D3,8D,9D. The summed E-state index contributed by atoms with van der Waals surface area (Å²) < 4.78 is 773. The van der Waals surface area contributed by atoms with Gasteiger partial charge >= 0.3 is 0 Å². The maximum atomic E-state index is 14.1. The molecular weight excluding hydrogens is 1780 g/mol. The molecule has 0 amide bonds. The highest BCUT2D eigenvalue weighted by atomic mass is 16.5. The Bertz CT molecular complexity index is 9480. The SMILES string of the molecule is [2H]C([2H])([2H])Oc1cc2c(cc1OC)C([2H])([2H])C([2H])([2H])N1C([2H])([2H])C([2H])(C([2H])([2H])C([2H])(C([2H])([2H])[2H])C([2H])([2H])C)C(=O)C([2H])([2H])C21[2H].[2H]C([2H])([2H])Oc1cc2c(cc1OC)C([2H])([2H])C([2H])([2H])N1C([2H])([2H])C([2H])(CC(C)C)C(=O)C([2H])([2H])C21[2H].[2H]C([2H])([2H])Oc1cc2c(cc1OC)C([2H])([2H])C([2H])([2H])N1C2([2H])CC(=O)C(C([2H])([2H])C([2H])(C([2H])([2H])[2H])C([2H])([2H])C)C1([2H])[2H].[2H]C([2H])([2H])Oc1cc2c(cc1OC)C([2H])([2H])C([2H])([2H])N1C2([2H])CC(=O)C(CC(C)C)C1([2H])[2H].[2H]C([2H])([2H])Oc1cc2c(cc1OC)C([2H])([2H])C([2H])([2H])N1CC([2H])(C([2H])([2H])C([2H])(C([2H])([2H])[2H])C([2H])([2H])C)C(=O)C([2H])([2H])C21[2H].[2H]c1c2c(c([2H])c(OC([2H])([2H])[2H])c1OC)C1CC(=O)C(CC(C)C)CN1CC2. The number of rotatable bonds is 27. The molecule has 24 nitrogen and oxygen atoms in total. The van der Waals surface area contributed by atoms with Crippen molar-refractivity contribution < 1.29 is 203 Å². The Hall–Kier alpha value is -9.30. The molecule has 6 aromatic carbocycles. The quantitative estimate of drug-likeness (QED) is 0.0466. The van der Waals surface area contributed by atoms with E-state index in [4.69, 9.17) is 171 Å². The number of ketones is 6. The lowest BCUT2D eigenvalue weighted by molar-refractivity contribution is -0.130. The van der Waals surface area contributed by atoms with Crippen molar-refractivity contribution in [3.8, 4) is 69.0 Å². The second-order valence-electron chi connectivity index (χ2n) is 33.6.